The summed E-state index contributed by atoms with van der Waals surface area (Å²) in [7, 11) is 0. The van der Waals surface area contributed by atoms with E-state index >= 15 is 0 Å². The molecule has 0 aliphatic carbocycles. The first-order chi connectivity index (χ1) is 14.1. The average Bonchev–Trinajstić information content (AvgIpc) is 3.49. The fourth-order valence-corrected chi connectivity index (χ4v) is 4.98. The minimum absolute atomic E-state index is 0.0148. The minimum Gasteiger partial charge on any atom is -0.330 e. The predicted octanol–water partition coefficient (Wildman–Crippen LogP) is 4.61. The molecule has 1 saturated heterocycles. The van der Waals surface area contributed by atoms with Crippen molar-refractivity contribution in [1.29, 1.82) is 0 Å². The number of hydrogen-bond acceptors (Lipinski definition) is 5. The topological polar surface area (TPSA) is 62.3 Å². The first-order valence-electron chi connectivity index (χ1n) is 9.81. The third-order valence-corrected chi connectivity index (χ3v) is 6.81. The summed E-state index contributed by atoms with van der Waals surface area (Å²) in [5.74, 6) is -0.134. The van der Waals surface area contributed by atoms with Crippen molar-refractivity contribution >= 4 is 39.6 Å². The summed E-state index contributed by atoms with van der Waals surface area (Å²) in [5, 5.41) is 7.40. The van der Waals surface area contributed by atoms with Crippen molar-refractivity contribution in [3.8, 4) is 11.3 Å². The minimum atomic E-state index is -0.418. The molecule has 0 saturated carbocycles. The molecule has 4 rings (SSSR count). The van der Waals surface area contributed by atoms with Crippen LogP contribution in [0.2, 0.25) is 0 Å². The van der Waals surface area contributed by atoms with Crippen molar-refractivity contribution in [3.05, 3.63) is 57.6 Å². The van der Waals surface area contributed by atoms with Crippen LogP contribution in [0.25, 0.3) is 11.3 Å². The van der Waals surface area contributed by atoms with Crippen molar-refractivity contribution in [1.82, 2.24) is 9.88 Å². The number of hydrogen-bond donors (Lipinski definition) is 1. The highest BCUT2D eigenvalue weighted by atomic mass is 32.1. The Morgan fingerprint density at radius 1 is 1.21 bits per heavy atom. The lowest BCUT2D eigenvalue weighted by Crippen LogP contribution is -2.43. The maximum Gasteiger partial charge on any atom is 0.248 e. The summed E-state index contributed by atoms with van der Waals surface area (Å²) in [5.41, 5.74) is 3.17. The Labute approximate surface area is 178 Å². The number of nitrogens with one attached hydrogen (secondary N) is 1. The zero-order valence-corrected chi connectivity index (χ0v) is 17.9. The van der Waals surface area contributed by atoms with E-state index in [1.807, 2.05) is 22.9 Å². The molecule has 1 aliphatic heterocycles. The summed E-state index contributed by atoms with van der Waals surface area (Å²) in [6.45, 7) is 2.76. The van der Waals surface area contributed by atoms with Gasteiger partial charge in [0.1, 0.15) is 6.04 Å². The number of aromatic nitrogens is 1. The van der Waals surface area contributed by atoms with Crippen LogP contribution in [0, 0.1) is 0 Å². The van der Waals surface area contributed by atoms with Gasteiger partial charge in [-0.2, -0.15) is 0 Å². The molecule has 1 N–H and O–H groups in total. The number of aryl methyl sites for hydroxylation is 1. The van der Waals surface area contributed by atoms with E-state index in [-0.39, 0.29) is 11.8 Å². The predicted molar refractivity (Wildman–Crippen MR) is 118 cm³/mol. The summed E-state index contributed by atoms with van der Waals surface area (Å²) in [6, 6.07) is 11.8. The van der Waals surface area contributed by atoms with Gasteiger partial charge in [-0.25, -0.2) is 4.98 Å². The first-order valence-corrected chi connectivity index (χ1v) is 11.6. The summed E-state index contributed by atoms with van der Waals surface area (Å²) in [4.78, 5) is 32.8. The molecule has 1 unspecified atom stereocenters. The van der Waals surface area contributed by atoms with Gasteiger partial charge in [-0.3, -0.25) is 9.59 Å². The Kier molecular flexibility index (Phi) is 6.06. The molecule has 1 aromatic carbocycles. The third kappa shape index (κ3) is 4.57. The number of thiophene rings is 1. The van der Waals surface area contributed by atoms with E-state index in [0.717, 1.165) is 29.0 Å². The van der Waals surface area contributed by atoms with Crippen LogP contribution in [0.1, 0.15) is 30.2 Å². The van der Waals surface area contributed by atoms with Crippen LogP contribution < -0.4 is 5.32 Å². The molecule has 2 amide bonds. The lowest BCUT2D eigenvalue weighted by Gasteiger charge is -2.23. The Bertz CT molecular complexity index is 980. The number of nitrogens with zero attached hydrogens (tertiary/aromatic N) is 2. The Hall–Kier alpha value is -2.51. The second-order valence-electron chi connectivity index (χ2n) is 7.08. The Balaban J connectivity index is 1.40. The Morgan fingerprint density at radius 2 is 2.03 bits per heavy atom. The highest BCUT2D eigenvalue weighted by Crippen LogP contribution is 2.27. The van der Waals surface area contributed by atoms with Gasteiger partial charge in [0.05, 0.1) is 12.1 Å². The fraction of sp³-hybridized carbons (Fsp3) is 0.318. The van der Waals surface area contributed by atoms with Gasteiger partial charge in [0.15, 0.2) is 5.13 Å². The van der Waals surface area contributed by atoms with E-state index in [4.69, 9.17) is 0 Å². The third-order valence-electron chi connectivity index (χ3n) is 5.17. The molecule has 3 aromatic rings. The monoisotopic (exact) mass is 425 g/mol. The Morgan fingerprint density at radius 3 is 2.76 bits per heavy atom. The van der Waals surface area contributed by atoms with Crippen molar-refractivity contribution < 1.29 is 9.59 Å². The van der Waals surface area contributed by atoms with E-state index < -0.39 is 6.04 Å². The van der Waals surface area contributed by atoms with Crippen LogP contribution in [0.5, 0.6) is 0 Å². The zero-order chi connectivity index (χ0) is 20.2. The molecule has 1 fully saturated rings. The average molecular weight is 426 g/mol. The van der Waals surface area contributed by atoms with Crippen LogP contribution in [-0.2, 0) is 22.4 Å². The second kappa shape index (κ2) is 8.88. The van der Waals surface area contributed by atoms with E-state index in [9.17, 15) is 9.59 Å². The van der Waals surface area contributed by atoms with Crippen molar-refractivity contribution in [2.24, 2.45) is 0 Å². The molecule has 3 heterocycles. The smallest absolute Gasteiger partial charge is 0.248 e. The molecule has 0 bridgehead atoms. The molecular formula is C22H23N3O2S2. The van der Waals surface area contributed by atoms with Crippen LogP contribution in [0.4, 0.5) is 5.13 Å². The van der Waals surface area contributed by atoms with Gasteiger partial charge in [0.25, 0.3) is 0 Å². The van der Waals surface area contributed by atoms with Crippen molar-refractivity contribution in [3.63, 3.8) is 0 Å². The number of carbonyl (C=O) groups excluding carboxylic acids is 2. The van der Waals surface area contributed by atoms with Crippen molar-refractivity contribution in [2.45, 2.75) is 38.6 Å². The number of amides is 2. The first kappa shape index (κ1) is 19.8. The van der Waals surface area contributed by atoms with Crippen LogP contribution >= 0.6 is 22.7 Å². The number of anilines is 1. The van der Waals surface area contributed by atoms with Crippen molar-refractivity contribution in [2.75, 3.05) is 11.9 Å². The standard InChI is InChI=1S/C22H23N3O2S2/c1-2-15-7-9-16(10-8-15)18-14-29-22(23-18)24-21(27)19-6-3-11-25(19)20(26)13-17-5-4-12-28-17/h4-5,7-10,12,14,19H,2-3,6,11,13H2,1H3,(H,23,24,27). The molecule has 1 atom stereocenters. The van der Waals surface area contributed by atoms with Gasteiger partial charge < -0.3 is 10.2 Å². The molecule has 0 spiro atoms. The molecular weight excluding hydrogens is 402 g/mol. The number of likely N-dealkylation sites (tertiary alicyclic amines) is 1. The number of thiazole rings is 1. The highest BCUT2D eigenvalue weighted by Gasteiger charge is 2.34. The largest absolute Gasteiger partial charge is 0.330 e. The van der Waals surface area contributed by atoms with E-state index in [1.54, 1.807) is 16.2 Å². The highest BCUT2D eigenvalue weighted by molar-refractivity contribution is 7.14. The van der Waals surface area contributed by atoms with Crippen LogP contribution in [0.3, 0.4) is 0 Å². The van der Waals surface area contributed by atoms with Crippen LogP contribution in [0.15, 0.2) is 47.2 Å². The molecule has 7 heteroatoms. The van der Waals surface area contributed by atoms with Crippen LogP contribution in [-0.4, -0.2) is 34.3 Å². The lowest BCUT2D eigenvalue weighted by atomic mass is 10.1. The SMILES string of the molecule is CCc1ccc(-c2csc(NC(=O)C3CCCN3C(=O)Cc3cccs3)n2)cc1. The second-order valence-corrected chi connectivity index (χ2v) is 8.97. The number of carbonyl (C=O) groups is 2. The van der Waals surface area contributed by atoms with Gasteiger partial charge in [-0.1, -0.05) is 37.3 Å². The molecule has 5 nitrogen and oxygen atoms in total. The maximum absolute atomic E-state index is 12.8. The molecule has 2 aromatic heterocycles. The number of rotatable bonds is 6. The van der Waals surface area contributed by atoms with Gasteiger partial charge in [-0.05, 0) is 36.3 Å². The van der Waals surface area contributed by atoms with E-state index in [2.05, 4.69) is 41.5 Å². The summed E-state index contributed by atoms with van der Waals surface area (Å²) >= 11 is 2.98. The molecule has 29 heavy (non-hydrogen) atoms. The normalized spacial score (nSPS) is 16.2. The van der Waals surface area contributed by atoms with Gasteiger partial charge in [0, 0.05) is 22.4 Å². The van der Waals surface area contributed by atoms with Gasteiger partial charge in [-0.15, -0.1) is 22.7 Å². The van der Waals surface area contributed by atoms with E-state index in [0.29, 0.717) is 24.5 Å². The summed E-state index contributed by atoms with van der Waals surface area (Å²) < 4.78 is 0. The quantitative estimate of drug-likeness (QED) is 0.627. The fourth-order valence-electron chi connectivity index (χ4n) is 3.57. The van der Waals surface area contributed by atoms with Gasteiger partial charge >= 0.3 is 0 Å². The molecule has 1 aliphatic rings. The number of benzene rings is 1. The lowest BCUT2D eigenvalue weighted by molar-refractivity contribution is -0.136. The molecule has 0 radical (unpaired) electrons. The van der Waals surface area contributed by atoms with E-state index in [1.165, 1.54) is 16.9 Å². The maximum atomic E-state index is 12.8. The zero-order valence-electron chi connectivity index (χ0n) is 16.3. The summed E-state index contributed by atoms with van der Waals surface area (Å²) in [6.07, 6.45) is 2.90. The molecule has 150 valence electrons. The van der Waals surface area contributed by atoms with Gasteiger partial charge in [0.2, 0.25) is 11.8 Å².